The number of rotatable bonds is 5. The molecule has 0 amide bonds. The molecule has 102 valence electrons. The predicted molar refractivity (Wildman–Crippen MR) is 89.5 cm³/mol. The zero-order chi connectivity index (χ0) is 13.8. The van der Waals surface area contributed by atoms with Crippen LogP contribution >= 0.6 is 43.2 Å². The monoisotopic (exact) mass is 402 g/mol. The van der Waals surface area contributed by atoms with E-state index in [0.717, 1.165) is 27.5 Å². The van der Waals surface area contributed by atoms with Gasteiger partial charge in [0.2, 0.25) is 0 Å². The number of hydrogen-bond acceptors (Lipinski definition) is 2. The summed E-state index contributed by atoms with van der Waals surface area (Å²) < 4.78 is 7.11. The van der Waals surface area contributed by atoms with Gasteiger partial charge in [-0.3, -0.25) is 0 Å². The molecule has 1 heterocycles. The van der Waals surface area contributed by atoms with Crippen LogP contribution in [0.3, 0.4) is 0 Å². The molecule has 19 heavy (non-hydrogen) atoms. The molecule has 2 rings (SSSR count). The van der Waals surface area contributed by atoms with Crippen molar-refractivity contribution in [2.24, 2.45) is 0 Å². The third kappa shape index (κ3) is 3.83. The Morgan fingerprint density at radius 2 is 1.95 bits per heavy atom. The summed E-state index contributed by atoms with van der Waals surface area (Å²) in [5.41, 5.74) is 2.34. The molecule has 0 bridgehead atoms. The molecule has 0 aliphatic heterocycles. The first kappa shape index (κ1) is 15.1. The third-order valence-electron chi connectivity index (χ3n) is 2.88. The zero-order valence-corrected chi connectivity index (χ0v) is 15.0. The normalized spacial score (nSPS) is 10.7. The maximum Gasteiger partial charge on any atom is 0.126 e. The highest BCUT2D eigenvalue weighted by Gasteiger charge is 2.09. The first-order valence-corrected chi connectivity index (χ1v) is 8.92. The van der Waals surface area contributed by atoms with Gasteiger partial charge >= 0.3 is 0 Å². The van der Waals surface area contributed by atoms with Crippen molar-refractivity contribution >= 4 is 43.2 Å². The van der Waals surface area contributed by atoms with E-state index in [1.165, 1.54) is 15.3 Å². The van der Waals surface area contributed by atoms with Gasteiger partial charge in [-0.1, -0.05) is 38.8 Å². The molecular weight excluding hydrogens is 388 g/mol. The highest BCUT2D eigenvalue weighted by Crippen LogP contribution is 2.31. The summed E-state index contributed by atoms with van der Waals surface area (Å²) in [6, 6.07) is 8.53. The number of thiophene rings is 1. The summed E-state index contributed by atoms with van der Waals surface area (Å²) in [5.74, 6) is 0.992. The van der Waals surface area contributed by atoms with Gasteiger partial charge in [-0.2, -0.15) is 0 Å². The van der Waals surface area contributed by atoms with Gasteiger partial charge < -0.3 is 4.74 Å². The molecule has 0 radical (unpaired) electrons. The van der Waals surface area contributed by atoms with Gasteiger partial charge in [-0.15, -0.1) is 11.3 Å². The lowest BCUT2D eigenvalue weighted by atomic mass is 10.1. The average Bonchev–Trinajstić information content (AvgIpc) is 2.84. The van der Waals surface area contributed by atoms with E-state index in [9.17, 15) is 0 Å². The molecule has 1 nitrogen and oxygen atoms in total. The van der Waals surface area contributed by atoms with Crippen molar-refractivity contribution in [2.45, 2.75) is 32.2 Å². The lowest BCUT2D eigenvalue weighted by Gasteiger charge is -2.13. The summed E-state index contributed by atoms with van der Waals surface area (Å²) in [5, 5.41) is 0.799. The molecule has 1 aromatic heterocycles. The van der Waals surface area contributed by atoms with Crippen molar-refractivity contribution < 1.29 is 4.74 Å². The standard InChI is InChI=1S/C15H16Br2OS/c1-3-13-4-5-14(19-13)9-18-15-10(2)6-12(17)7-11(15)8-16/h4-7H,3,8-9H2,1-2H3. The van der Waals surface area contributed by atoms with Crippen molar-refractivity contribution in [2.75, 3.05) is 0 Å². The summed E-state index contributed by atoms with van der Waals surface area (Å²) in [6.45, 7) is 4.91. The molecule has 4 heteroatoms. The number of aryl methyl sites for hydroxylation is 2. The second kappa shape index (κ2) is 6.91. The fourth-order valence-electron chi connectivity index (χ4n) is 1.94. The molecule has 0 fully saturated rings. The SMILES string of the molecule is CCc1ccc(COc2c(C)cc(Br)cc2CBr)s1. The quantitative estimate of drug-likeness (QED) is 0.568. The molecule has 2 aromatic rings. The summed E-state index contributed by atoms with van der Waals surface area (Å²) in [6.07, 6.45) is 1.09. The van der Waals surface area contributed by atoms with E-state index < -0.39 is 0 Å². The summed E-state index contributed by atoms with van der Waals surface area (Å²) in [4.78, 5) is 2.69. The molecule has 0 aliphatic carbocycles. The number of hydrogen-bond donors (Lipinski definition) is 0. The molecule has 0 spiro atoms. The maximum atomic E-state index is 6.02. The number of halogens is 2. The molecule has 0 atom stereocenters. The van der Waals surface area contributed by atoms with Gasteiger partial charge in [-0.05, 0) is 43.2 Å². The Bertz CT molecular complexity index is 563. The Balaban J connectivity index is 2.14. The Kier molecular flexibility index (Phi) is 5.48. The topological polar surface area (TPSA) is 9.23 Å². The Labute approximate surface area is 135 Å². The smallest absolute Gasteiger partial charge is 0.126 e. The molecule has 0 aliphatic rings. The van der Waals surface area contributed by atoms with Crippen molar-refractivity contribution in [3.63, 3.8) is 0 Å². The van der Waals surface area contributed by atoms with Crippen LogP contribution < -0.4 is 4.74 Å². The second-order valence-corrected chi connectivity index (χ2v) is 7.08. The third-order valence-corrected chi connectivity index (χ3v) is 5.15. The second-order valence-electron chi connectivity index (χ2n) is 4.35. The van der Waals surface area contributed by atoms with E-state index in [1.54, 1.807) is 0 Å². The van der Waals surface area contributed by atoms with Crippen LogP contribution in [0.4, 0.5) is 0 Å². The largest absolute Gasteiger partial charge is 0.487 e. The molecular formula is C15H16Br2OS. The van der Waals surface area contributed by atoms with Crippen molar-refractivity contribution in [1.29, 1.82) is 0 Å². The van der Waals surface area contributed by atoms with Crippen molar-refractivity contribution in [3.8, 4) is 5.75 Å². The molecule has 0 unspecified atom stereocenters. The Hall–Kier alpha value is -0.320. The Morgan fingerprint density at radius 1 is 1.21 bits per heavy atom. The van der Waals surface area contributed by atoms with Gasteiger partial charge in [-0.25, -0.2) is 0 Å². The van der Waals surface area contributed by atoms with Crippen LogP contribution in [0.5, 0.6) is 5.75 Å². The van der Waals surface area contributed by atoms with Crippen LogP contribution in [0.15, 0.2) is 28.7 Å². The lowest BCUT2D eigenvalue weighted by Crippen LogP contribution is -1.98. The predicted octanol–water partition coefficient (Wildman–Crippen LogP) is 5.86. The van der Waals surface area contributed by atoms with Crippen LogP contribution in [-0.4, -0.2) is 0 Å². The van der Waals surface area contributed by atoms with E-state index in [0.29, 0.717) is 6.61 Å². The van der Waals surface area contributed by atoms with Gasteiger partial charge in [0.15, 0.2) is 0 Å². The highest BCUT2D eigenvalue weighted by molar-refractivity contribution is 9.10. The number of ether oxygens (including phenoxy) is 1. The summed E-state index contributed by atoms with van der Waals surface area (Å²) >= 11 is 8.87. The van der Waals surface area contributed by atoms with Gasteiger partial charge in [0.05, 0.1) is 0 Å². The maximum absolute atomic E-state index is 6.02. The van der Waals surface area contributed by atoms with Crippen LogP contribution in [-0.2, 0) is 18.4 Å². The van der Waals surface area contributed by atoms with Gasteiger partial charge in [0.25, 0.3) is 0 Å². The van der Waals surface area contributed by atoms with E-state index in [-0.39, 0.29) is 0 Å². The average molecular weight is 404 g/mol. The molecule has 0 N–H and O–H groups in total. The van der Waals surface area contributed by atoms with E-state index in [2.05, 4.69) is 70.0 Å². The minimum Gasteiger partial charge on any atom is -0.487 e. The van der Waals surface area contributed by atoms with Gasteiger partial charge in [0.1, 0.15) is 12.4 Å². The zero-order valence-electron chi connectivity index (χ0n) is 11.0. The highest BCUT2D eigenvalue weighted by atomic mass is 79.9. The Morgan fingerprint density at radius 3 is 2.58 bits per heavy atom. The van der Waals surface area contributed by atoms with E-state index >= 15 is 0 Å². The molecule has 1 aromatic carbocycles. The van der Waals surface area contributed by atoms with E-state index in [1.807, 2.05) is 11.3 Å². The molecule has 0 saturated heterocycles. The van der Waals surface area contributed by atoms with Crippen LogP contribution in [0.25, 0.3) is 0 Å². The van der Waals surface area contributed by atoms with Crippen molar-refractivity contribution in [3.05, 3.63) is 49.6 Å². The minimum atomic E-state index is 0.646. The number of benzene rings is 1. The van der Waals surface area contributed by atoms with E-state index in [4.69, 9.17) is 4.74 Å². The number of alkyl halides is 1. The van der Waals surface area contributed by atoms with Crippen molar-refractivity contribution in [1.82, 2.24) is 0 Å². The fourth-order valence-corrected chi connectivity index (χ4v) is 3.85. The first-order chi connectivity index (χ1) is 9.13. The minimum absolute atomic E-state index is 0.646. The van der Waals surface area contributed by atoms with Gasteiger partial charge in [0, 0.05) is 25.1 Å². The van der Waals surface area contributed by atoms with Crippen LogP contribution in [0.1, 0.15) is 27.8 Å². The lowest BCUT2D eigenvalue weighted by molar-refractivity contribution is 0.305. The fraction of sp³-hybridized carbons (Fsp3) is 0.333. The first-order valence-electron chi connectivity index (χ1n) is 6.19. The summed E-state index contributed by atoms with van der Waals surface area (Å²) in [7, 11) is 0. The van der Waals surface area contributed by atoms with Crippen LogP contribution in [0.2, 0.25) is 0 Å². The van der Waals surface area contributed by atoms with Crippen LogP contribution in [0, 0.1) is 6.92 Å². The molecule has 0 saturated carbocycles.